The van der Waals surface area contributed by atoms with Gasteiger partial charge in [0, 0.05) is 0 Å². The monoisotopic (exact) mass is 998 g/mol. The molecule has 0 saturated heterocycles. The van der Waals surface area contributed by atoms with Crippen LogP contribution in [0.25, 0.3) is 0 Å². The zero-order chi connectivity index (χ0) is 53.8. The molecule has 2 unspecified atom stereocenters. The van der Waals surface area contributed by atoms with E-state index in [9.17, 15) is 0 Å². The maximum Gasteiger partial charge on any atom is 0.0553 e. The van der Waals surface area contributed by atoms with Crippen LogP contribution in [-0.2, 0) is 0 Å². The fourth-order valence-electron chi connectivity index (χ4n) is 9.15. The van der Waals surface area contributed by atoms with E-state index in [0.29, 0.717) is 0 Å². The van der Waals surface area contributed by atoms with Gasteiger partial charge >= 0.3 is 0 Å². The molecule has 0 aromatic heterocycles. The van der Waals surface area contributed by atoms with E-state index >= 15 is 0 Å². The summed E-state index contributed by atoms with van der Waals surface area (Å²) < 4.78 is -0.120. The van der Waals surface area contributed by atoms with Crippen LogP contribution in [0.3, 0.4) is 0 Å². The molecule has 0 aromatic carbocycles. The molecular formula is C68H135NS. The fourth-order valence-corrected chi connectivity index (χ4v) is 9.43. The molecule has 70 heavy (non-hydrogen) atoms. The Morgan fingerprint density at radius 3 is 1.30 bits per heavy atom. The Morgan fingerprint density at radius 2 is 0.900 bits per heavy atom. The molecule has 0 aromatic rings. The summed E-state index contributed by atoms with van der Waals surface area (Å²) in [5.74, 6) is 1.73. The van der Waals surface area contributed by atoms with Gasteiger partial charge in [-0.05, 0) is 122 Å². The van der Waals surface area contributed by atoms with Crippen molar-refractivity contribution >= 4 is 12.6 Å². The zero-order valence-electron chi connectivity index (χ0n) is 51.2. The van der Waals surface area contributed by atoms with Crippen LogP contribution >= 0.6 is 12.6 Å². The second kappa shape index (κ2) is 65.8. The van der Waals surface area contributed by atoms with Gasteiger partial charge in [-0.15, -0.1) is 0 Å². The molecule has 0 heterocycles. The highest BCUT2D eigenvalue weighted by atomic mass is 32.1. The average Bonchev–Trinajstić information content (AvgIpc) is 3.37. The van der Waals surface area contributed by atoms with E-state index in [1.807, 2.05) is 74.5 Å². The highest BCUT2D eigenvalue weighted by Gasteiger charge is 2.28. The van der Waals surface area contributed by atoms with Gasteiger partial charge in [-0.3, -0.25) is 0 Å². The molecule has 2 heteroatoms. The average molecular weight is 999 g/mol. The molecule has 1 N–H and O–H groups in total. The summed E-state index contributed by atoms with van der Waals surface area (Å²) in [4.78, 5) is 0. The van der Waals surface area contributed by atoms with Crippen LogP contribution in [0.2, 0.25) is 0 Å². The zero-order valence-corrected chi connectivity index (χ0v) is 52.1. The van der Waals surface area contributed by atoms with Crippen LogP contribution in [0.15, 0.2) is 72.4 Å². The summed E-state index contributed by atoms with van der Waals surface area (Å²) in [5.41, 5.74) is 5.56. The summed E-state index contributed by atoms with van der Waals surface area (Å²) in [6.07, 6.45) is 61.3. The van der Waals surface area contributed by atoms with Crippen LogP contribution in [0.5, 0.6) is 0 Å². The summed E-state index contributed by atoms with van der Waals surface area (Å²) in [6.45, 7) is 44.9. The van der Waals surface area contributed by atoms with Crippen molar-refractivity contribution < 1.29 is 0 Å². The first-order valence-electron chi connectivity index (χ1n) is 31.4. The molecule has 1 rings (SSSR count). The number of unbranched alkanes of at least 4 members (excludes halogenated alkanes) is 23. The molecule has 2 atom stereocenters. The van der Waals surface area contributed by atoms with Gasteiger partial charge in [-0.25, -0.2) is 0 Å². The molecule has 0 bridgehead atoms. The van der Waals surface area contributed by atoms with Gasteiger partial charge in [0.1, 0.15) is 0 Å². The van der Waals surface area contributed by atoms with E-state index in [0.717, 1.165) is 24.7 Å². The smallest absolute Gasteiger partial charge is 0.0553 e. The van der Waals surface area contributed by atoms with E-state index in [1.165, 1.54) is 255 Å². The third kappa shape index (κ3) is 57.6. The van der Waals surface area contributed by atoms with Crippen LogP contribution in [0, 0.1) is 11.8 Å². The Kier molecular flexibility index (Phi) is 73.0. The van der Waals surface area contributed by atoms with Gasteiger partial charge < -0.3 is 5.32 Å². The normalized spacial score (nSPS) is 14.5. The minimum absolute atomic E-state index is 0.120. The Balaban J connectivity index is -0.000000527. The lowest BCUT2D eigenvalue weighted by atomic mass is 9.84. The molecule has 0 aliphatic heterocycles. The largest absolute Gasteiger partial charge is 0.317 e. The molecule has 1 aliphatic carbocycles. The SMILES string of the molecule is C=C(CCCCCCCNCCCCCCCC(=C)CC(CCCCCCCC)CCCCCCCC)CC(C)CCCCCCCC.C=C1CCC=C(C=CC)C1(C)S.CC.CC.CC.CC=CC. The predicted octanol–water partition coefficient (Wildman–Crippen LogP) is 24.8. The quantitative estimate of drug-likeness (QED) is 0.0353. The van der Waals surface area contributed by atoms with E-state index in [4.69, 9.17) is 0 Å². The molecule has 1 aliphatic rings. The van der Waals surface area contributed by atoms with Crippen molar-refractivity contribution in [2.24, 2.45) is 11.8 Å². The van der Waals surface area contributed by atoms with E-state index in [2.05, 4.69) is 90.5 Å². The molecule has 418 valence electrons. The molecule has 0 fully saturated rings. The van der Waals surface area contributed by atoms with Crippen molar-refractivity contribution in [1.82, 2.24) is 5.32 Å². The first kappa shape index (κ1) is 77.6. The lowest BCUT2D eigenvalue weighted by Gasteiger charge is -2.31. The van der Waals surface area contributed by atoms with Crippen molar-refractivity contribution in [3.05, 3.63) is 72.4 Å². The Hall–Kier alpha value is -1.25. The highest BCUT2D eigenvalue weighted by molar-refractivity contribution is 7.82. The van der Waals surface area contributed by atoms with Crippen molar-refractivity contribution in [3.8, 4) is 0 Å². The van der Waals surface area contributed by atoms with Gasteiger partial charge in [0.25, 0.3) is 0 Å². The van der Waals surface area contributed by atoms with Gasteiger partial charge in [0.15, 0.2) is 0 Å². The molecule has 0 amide bonds. The highest BCUT2D eigenvalue weighted by Crippen LogP contribution is 2.38. The fraction of sp³-hybridized carbons (Fsp3) is 0.824. The van der Waals surface area contributed by atoms with Crippen molar-refractivity contribution in [3.63, 3.8) is 0 Å². The van der Waals surface area contributed by atoms with E-state index < -0.39 is 0 Å². The standard InChI is InChI=1S/C47H93N.C11H16S.C4H8.3C2H6/c1-7-10-13-16-21-28-35-44(4)42-45(5)36-29-22-19-26-33-40-48-41-34-27-20-23-30-37-46(6)43-47(38-31-24-17-14-11-8-2)39-32-25-18-15-12-9-3;1-4-6-10-8-5-7-9(2)11(10,3)12;1-3-4-2;3*1-2/h44,47-48H,5-43H2,1-4H3;4,6,8,12H,2,5,7H2,1,3H3;3-4H,1-2H3;3*1-2H3. The first-order valence-corrected chi connectivity index (χ1v) is 31.8. The number of allylic oxidation sites excluding steroid dienone is 7. The number of rotatable bonds is 42. The Labute approximate surface area is 452 Å². The maximum atomic E-state index is 4.62. The second-order valence-electron chi connectivity index (χ2n) is 20.4. The summed E-state index contributed by atoms with van der Waals surface area (Å²) in [7, 11) is 0. The van der Waals surface area contributed by atoms with Gasteiger partial charge in [0.05, 0.1) is 4.75 Å². The van der Waals surface area contributed by atoms with Crippen molar-refractivity contribution in [2.75, 3.05) is 13.1 Å². The van der Waals surface area contributed by atoms with Gasteiger partial charge in [-0.2, -0.15) is 12.6 Å². The molecule has 1 nitrogen and oxygen atoms in total. The number of hydrogen-bond donors (Lipinski definition) is 2. The maximum absolute atomic E-state index is 4.62. The summed E-state index contributed by atoms with van der Waals surface area (Å²) >= 11 is 4.62. The summed E-state index contributed by atoms with van der Waals surface area (Å²) in [5, 5.41) is 3.71. The lowest BCUT2D eigenvalue weighted by molar-refractivity contribution is 0.396. The van der Waals surface area contributed by atoms with E-state index in [-0.39, 0.29) is 4.75 Å². The van der Waals surface area contributed by atoms with Crippen LogP contribution in [0.1, 0.15) is 335 Å². The van der Waals surface area contributed by atoms with Crippen LogP contribution in [-0.4, -0.2) is 17.8 Å². The third-order valence-electron chi connectivity index (χ3n) is 13.7. The minimum Gasteiger partial charge on any atom is -0.317 e. The molecule has 0 saturated carbocycles. The van der Waals surface area contributed by atoms with Gasteiger partial charge in [-0.1, -0.05) is 309 Å². The molecular weight excluding hydrogens is 863 g/mol. The van der Waals surface area contributed by atoms with Crippen LogP contribution in [0.4, 0.5) is 0 Å². The number of hydrogen-bond acceptors (Lipinski definition) is 2. The number of thiol groups is 1. The third-order valence-corrected chi connectivity index (χ3v) is 14.3. The second-order valence-corrected chi connectivity index (χ2v) is 21.3. The van der Waals surface area contributed by atoms with Gasteiger partial charge in [0.2, 0.25) is 0 Å². The first-order chi connectivity index (χ1) is 34.0. The summed E-state index contributed by atoms with van der Waals surface area (Å²) in [6, 6.07) is 0. The topological polar surface area (TPSA) is 12.0 Å². The minimum atomic E-state index is -0.120. The molecule has 0 spiro atoms. The lowest BCUT2D eigenvalue weighted by Crippen LogP contribution is -2.24. The van der Waals surface area contributed by atoms with Crippen LogP contribution < -0.4 is 5.32 Å². The van der Waals surface area contributed by atoms with E-state index in [1.54, 1.807) is 5.57 Å². The Morgan fingerprint density at radius 1 is 0.543 bits per heavy atom. The molecule has 0 radical (unpaired) electrons. The Bertz CT molecular complexity index is 1100. The number of nitrogens with one attached hydrogen (secondary N) is 1. The predicted molar refractivity (Wildman–Crippen MR) is 336 cm³/mol. The van der Waals surface area contributed by atoms with Crippen molar-refractivity contribution in [2.45, 2.75) is 339 Å². The van der Waals surface area contributed by atoms with Crippen molar-refractivity contribution in [1.29, 1.82) is 0 Å².